The van der Waals surface area contributed by atoms with Crippen molar-refractivity contribution >= 4 is 5.78 Å². The fraction of sp³-hybridized carbons (Fsp3) is 0.517. The van der Waals surface area contributed by atoms with Crippen molar-refractivity contribution in [3.05, 3.63) is 69.5 Å². The highest BCUT2D eigenvalue weighted by Gasteiger charge is 2.44. The molecular weight excluding hydrogens is 507 g/mol. The van der Waals surface area contributed by atoms with Crippen molar-refractivity contribution in [1.82, 2.24) is 19.6 Å². The van der Waals surface area contributed by atoms with E-state index in [9.17, 15) is 18.3 Å². The van der Waals surface area contributed by atoms with Gasteiger partial charge in [-0.15, -0.1) is 5.10 Å². The third-order valence-electron chi connectivity index (χ3n) is 8.13. The van der Waals surface area contributed by atoms with E-state index in [0.717, 1.165) is 43.1 Å². The highest BCUT2D eigenvalue weighted by atomic mass is 19.4. The summed E-state index contributed by atoms with van der Waals surface area (Å²) in [6.45, 7) is 4.06. The van der Waals surface area contributed by atoms with Crippen molar-refractivity contribution in [2.75, 3.05) is 6.61 Å². The van der Waals surface area contributed by atoms with Gasteiger partial charge in [0, 0.05) is 29.8 Å². The molecule has 206 valence electrons. The topological polar surface area (TPSA) is 96.3 Å². The number of aromatic nitrogens is 4. The fourth-order valence-corrected chi connectivity index (χ4v) is 6.12. The van der Waals surface area contributed by atoms with Gasteiger partial charge in [-0.2, -0.15) is 23.4 Å². The van der Waals surface area contributed by atoms with Gasteiger partial charge in [0.1, 0.15) is 0 Å². The number of ether oxygens (including phenoxy) is 1. The zero-order valence-corrected chi connectivity index (χ0v) is 22.2. The predicted octanol–water partition coefficient (Wildman–Crippen LogP) is 6.16. The van der Waals surface area contributed by atoms with Crippen LogP contribution in [0, 0.1) is 31.1 Å². The molecule has 0 saturated heterocycles. The normalized spacial score (nSPS) is 20.6. The summed E-state index contributed by atoms with van der Waals surface area (Å²) >= 11 is 0. The van der Waals surface area contributed by atoms with Gasteiger partial charge in [0.05, 0.1) is 36.0 Å². The standard InChI is InChI=1S/C29H32F3N5O2/c1-18-13-19(2)37-27(34-18)35-26(36-37)15-22-17-39-28(16-25(22)38,23-5-3-4-6-23)11-9-20-7-8-21(10-12-33)24(14-20)29(30,31)32/h7-8,13-14,23,38H,3-6,9-11,15-17H2,1-2H3. The Labute approximate surface area is 225 Å². The molecule has 5 rings (SSSR count). The van der Waals surface area contributed by atoms with Crippen LogP contribution in [-0.2, 0) is 30.2 Å². The summed E-state index contributed by atoms with van der Waals surface area (Å²) in [4.78, 5) is 8.96. The van der Waals surface area contributed by atoms with Crippen LogP contribution in [0.25, 0.3) is 5.78 Å². The van der Waals surface area contributed by atoms with Crippen molar-refractivity contribution in [1.29, 1.82) is 5.26 Å². The molecule has 1 N–H and O–H groups in total. The molecule has 3 aromatic rings. The Balaban J connectivity index is 1.37. The molecule has 1 aliphatic heterocycles. The molecule has 10 heteroatoms. The van der Waals surface area contributed by atoms with Crippen molar-refractivity contribution in [2.24, 2.45) is 5.92 Å². The summed E-state index contributed by atoms with van der Waals surface area (Å²) in [5, 5.41) is 24.7. The van der Waals surface area contributed by atoms with Crippen LogP contribution in [0.15, 0.2) is 35.6 Å². The predicted molar refractivity (Wildman–Crippen MR) is 138 cm³/mol. The Hall–Kier alpha value is -3.45. The third kappa shape index (κ3) is 5.64. The number of aryl methyl sites for hydroxylation is 3. The van der Waals surface area contributed by atoms with E-state index >= 15 is 0 Å². The SMILES string of the molecule is Cc1cc(C)n2nc(CC3=C(O)CC(CCc4ccc(CC#N)c(C(F)(F)F)c4)(C4CCCC4)OC3)nc2n1. The number of halogens is 3. The second-order valence-corrected chi connectivity index (χ2v) is 10.8. The maximum Gasteiger partial charge on any atom is 0.416 e. The Morgan fingerprint density at radius 1 is 1.18 bits per heavy atom. The van der Waals surface area contributed by atoms with Gasteiger partial charge in [0.25, 0.3) is 5.78 Å². The van der Waals surface area contributed by atoms with Crippen molar-refractivity contribution in [3.8, 4) is 6.07 Å². The smallest absolute Gasteiger partial charge is 0.416 e. The van der Waals surface area contributed by atoms with Crippen LogP contribution < -0.4 is 0 Å². The lowest BCUT2D eigenvalue weighted by atomic mass is 9.76. The first-order chi connectivity index (χ1) is 18.6. The number of fused-ring (bicyclic) bond motifs is 1. The number of hydrogen-bond acceptors (Lipinski definition) is 6. The highest BCUT2D eigenvalue weighted by molar-refractivity contribution is 5.36. The zero-order valence-electron chi connectivity index (χ0n) is 22.2. The van der Waals surface area contributed by atoms with Crippen LogP contribution in [0.5, 0.6) is 0 Å². The molecule has 1 aromatic carbocycles. The molecule has 3 heterocycles. The lowest BCUT2D eigenvalue weighted by molar-refractivity contribution is -0.138. The number of benzene rings is 1. The molecule has 0 spiro atoms. The molecule has 2 aliphatic rings. The summed E-state index contributed by atoms with van der Waals surface area (Å²) in [6.07, 6.45) is 0.802. The number of aliphatic hydroxyl groups is 1. The average molecular weight is 540 g/mol. The van der Waals surface area contributed by atoms with Crippen molar-refractivity contribution in [2.45, 2.75) is 83.4 Å². The molecule has 0 amide bonds. The Kier molecular flexibility index (Phi) is 7.38. The van der Waals surface area contributed by atoms with E-state index in [-0.39, 0.29) is 30.3 Å². The van der Waals surface area contributed by atoms with Crippen LogP contribution in [0.3, 0.4) is 0 Å². The van der Waals surface area contributed by atoms with Gasteiger partial charge < -0.3 is 9.84 Å². The first-order valence-corrected chi connectivity index (χ1v) is 13.4. The summed E-state index contributed by atoms with van der Waals surface area (Å²) in [5.41, 5.74) is 1.62. The summed E-state index contributed by atoms with van der Waals surface area (Å²) in [5.74, 6) is 1.54. The third-order valence-corrected chi connectivity index (χ3v) is 8.13. The molecule has 7 nitrogen and oxygen atoms in total. The van der Waals surface area contributed by atoms with E-state index in [2.05, 4.69) is 15.1 Å². The monoisotopic (exact) mass is 539 g/mol. The van der Waals surface area contributed by atoms with Crippen molar-refractivity contribution < 1.29 is 23.0 Å². The quantitative estimate of drug-likeness (QED) is 0.386. The van der Waals surface area contributed by atoms with Crippen LogP contribution in [-0.4, -0.2) is 36.9 Å². The van der Waals surface area contributed by atoms with Gasteiger partial charge >= 0.3 is 6.18 Å². The number of nitrogens with zero attached hydrogens (tertiary/aromatic N) is 5. The molecule has 39 heavy (non-hydrogen) atoms. The van der Waals surface area contributed by atoms with E-state index in [0.29, 0.717) is 48.4 Å². The lowest BCUT2D eigenvalue weighted by Crippen LogP contribution is -2.44. The Morgan fingerprint density at radius 2 is 1.95 bits per heavy atom. The molecule has 1 fully saturated rings. The number of rotatable bonds is 7. The molecule has 1 atom stereocenters. The van der Waals surface area contributed by atoms with Crippen LogP contribution in [0.2, 0.25) is 0 Å². The lowest BCUT2D eigenvalue weighted by Gasteiger charge is -2.42. The first-order valence-electron chi connectivity index (χ1n) is 13.4. The van der Waals surface area contributed by atoms with Gasteiger partial charge in [0.2, 0.25) is 0 Å². The summed E-state index contributed by atoms with van der Waals surface area (Å²) < 4.78 is 49.2. The molecule has 2 aromatic heterocycles. The van der Waals surface area contributed by atoms with Gasteiger partial charge in [-0.3, -0.25) is 0 Å². The molecule has 1 aliphatic carbocycles. The van der Waals surface area contributed by atoms with E-state index in [4.69, 9.17) is 10.00 Å². The van der Waals surface area contributed by atoms with E-state index in [1.807, 2.05) is 26.0 Å². The van der Waals surface area contributed by atoms with Crippen LogP contribution in [0.4, 0.5) is 13.2 Å². The molecule has 0 bridgehead atoms. The summed E-state index contributed by atoms with van der Waals surface area (Å²) in [6, 6.07) is 7.97. The van der Waals surface area contributed by atoms with Crippen LogP contribution >= 0.6 is 0 Å². The van der Waals surface area contributed by atoms with Crippen LogP contribution in [0.1, 0.15) is 72.4 Å². The molecule has 1 saturated carbocycles. The van der Waals surface area contributed by atoms with Gasteiger partial charge in [-0.25, -0.2) is 9.50 Å². The average Bonchev–Trinajstić information content (AvgIpc) is 3.55. The maximum absolute atomic E-state index is 13.7. The Bertz CT molecular complexity index is 1450. The second kappa shape index (κ2) is 10.6. The van der Waals surface area contributed by atoms with Gasteiger partial charge in [0.15, 0.2) is 5.82 Å². The summed E-state index contributed by atoms with van der Waals surface area (Å²) in [7, 11) is 0. The minimum absolute atomic E-state index is 0.0144. The second-order valence-electron chi connectivity index (χ2n) is 10.8. The van der Waals surface area contributed by atoms with E-state index in [1.54, 1.807) is 10.6 Å². The zero-order chi connectivity index (χ0) is 27.8. The minimum atomic E-state index is -4.53. The first kappa shape index (κ1) is 27.1. The minimum Gasteiger partial charge on any atom is -0.512 e. The maximum atomic E-state index is 13.7. The molecular formula is C29H32F3N5O2. The number of hydrogen-bond donors (Lipinski definition) is 1. The van der Waals surface area contributed by atoms with E-state index < -0.39 is 17.3 Å². The fourth-order valence-electron chi connectivity index (χ4n) is 6.12. The molecule has 0 radical (unpaired) electrons. The number of nitriles is 1. The van der Waals surface area contributed by atoms with Gasteiger partial charge in [-0.05, 0) is 68.7 Å². The highest BCUT2D eigenvalue weighted by Crippen LogP contribution is 2.46. The van der Waals surface area contributed by atoms with Crippen molar-refractivity contribution in [3.63, 3.8) is 0 Å². The largest absolute Gasteiger partial charge is 0.512 e. The molecule has 1 unspecified atom stereocenters. The van der Waals surface area contributed by atoms with Gasteiger partial charge in [-0.1, -0.05) is 25.0 Å². The number of aliphatic hydroxyl groups excluding tert-OH is 1. The van der Waals surface area contributed by atoms with E-state index in [1.165, 1.54) is 6.07 Å². The Morgan fingerprint density at radius 3 is 2.64 bits per heavy atom. The number of alkyl halides is 3.